The molecule has 2 heterocycles. The van der Waals surface area contributed by atoms with Crippen LogP contribution in [0.1, 0.15) is 11.6 Å². The highest BCUT2D eigenvalue weighted by atomic mass is 16.3. The number of hydrogen-bond acceptors (Lipinski definition) is 4. The Hall–Kier alpha value is -2.14. The van der Waals surface area contributed by atoms with E-state index in [4.69, 9.17) is 4.42 Å². The Bertz CT molecular complexity index is 726. The summed E-state index contributed by atoms with van der Waals surface area (Å²) in [6.45, 7) is 2.60. The Morgan fingerprint density at radius 1 is 1.37 bits per heavy atom. The van der Waals surface area contributed by atoms with Gasteiger partial charge in [-0.2, -0.15) is 5.10 Å². The number of aryl methyl sites for hydroxylation is 2. The van der Waals surface area contributed by atoms with E-state index in [-0.39, 0.29) is 0 Å². The van der Waals surface area contributed by atoms with Crippen LogP contribution in [0.3, 0.4) is 0 Å². The quantitative estimate of drug-likeness (QED) is 0.781. The van der Waals surface area contributed by atoms with Gasteiger partial charge in [-0.3, -0.25) is 4.68 Å². The fourth-order valence-corrected chi connectivity index (χ4v) is 2.28. The number of rotatable bonds is 3. The molecule has 0 spiro atoms. The van der Waals surface area contributed by atoms with Crippen LogP contribution in [-0.2, 0) is 13.6 Å². The van der Waals surface area contributed by atoms with Gasteiger partial charge in [0.05, 0.1) is 5.69 Å². The number of hydrogen-bond donors (Lipinski definition) is 1. The SMILES string of the molecule is CNCc1nn(C)cc1-c1ccc2oc(C)nc2c1. The molecule has 2 aromatic heterocycles. The number of benzene rings is 1. The number of nitrogens with zero attached hydrogens (tertiary/aromatic N) is 3. The van der Waals surface area contributed by atoms with Crippen molar-refractivity contribution < 1.29 is 4.42 Å². The second-order valence-corrected chi connectivity index (χ2v) is 4.61. The molecule has 5 nitrogen and oxygen atoms in total. The monoisotopic (exact) mass is 256 g/mol. The Balaban J connectivity index is 2.12. The maximum atomic E-state index is 5.50. The first kappa shape index (κ1) is 11.9. The first-order chi connectivity index (χ1) is 9.17. The summed E-state index contributed by atoms with van der Waals surface area (Å²) in [6, 6.07) is 6.05. The molecule has 3 rings (SSSR count). The Morgan fingerprint density at radius 3 is 3.00 bits per heavy atom. The lowest BCUT2D eigenvalue weighted by atomic mass is 10.1. The van der Waals surface area contributed by atoms with Crippen LogP contribution in [0, 0.1) is 6.92 Å². The minimum atomic E-state index is 0.689. The summed E-state index contributed by atoms with van der Waals surface area (Å²) in [4.78, 5) is 4.37. The van der Waals surface area contributed by atoms with E-state index in [0.717, 1.165) is 34.5 Å². The van der Waals surface area contributed by atoms with Gasteiger partial charge in [0.15, 0.2) is 11.5 Å². The molecule has 0 fully saturated rings. The smallest absolute Gasteiger partial charge is 0.192 e. The summed E-state index contributed by atoms with van der Waals surface area (Å²) < 4.78 is 7.33. The van der Waals surface area contributed by atoms with E-state index >= 15 is 0 Å². The molecule has 1 aromatic carbocycles. The van der Waals surface area contributed by atoms with Gasteiger partial charge in [0, 0.05) is 32.3 Å². The van der Waals surface area contributed by atoms with Crippen LogP contribution in [0.4, 0.5) is 0 Å². The van der Waals surface area contributed by atoms with Crippen molar-refractivity contribution in [1.82, 2.24) is 20.1 Å². The lowest BCUT2D eigenvalue weighted by Gasteiger charge is -2.01. The third kappa shape index (κ3) is 2.13. The van der Waals surface area contributed by atoms with Crippen LogP contribution in [0.2, 0.25) is 0 Å². The number of aromatic nitrogens is 3. The van der Waals surface area contributed by atoms with Gasteiger partial charge < -0.3 is 9.73 Å². The van der Waals surface area contributed by atoms with Crippen LogP contribution in [-0.4, -0.2) is 21.8 Å². The maximum absolute atomic E-state index is 5.50. The summed E-state index contributed by atoms with van der Waals surface area (Å²) in [7, 11) is 3.85. The molecule has 0 bridgehead atoms. The summed E-state index contributed by atoms with van der Waals surface area (Å²) in [6.07, 6.45) is 2.03. The Morgan fingerprint density at radius 2 is 2.21 bits per heavy atom. The molecule has 0 saturated carbocycles. The fraction of sp³-hybridized carbons (Fsp3) is 0.286. The van der Waals surface area contributed by atoms with Gasteiger partial charge in [-0.15, -0.1) is 0 Å². The molecule has 0 aliphatic rings. The lowest BCUT2D eigenvalue weighted by Crippen LogP contribution is -2.07. The van der Waals surface area contributed by atoms with E-state index in [1.165, 1.54) is 0 Å². The molecule has 98 valence electrons. The minimum absolute atomic E-state index is 0.689. The van der Waals surface area contributed by atoms with Gasteiger partial charge in [0.2, 0.25) is 0 Å². The molecule has 1 N–H and O–H groups in total. The first-order valence-corrected chi connectivity index (χ1v) is 6.22. The molecule has 0 aliphatic carbocycles. The summed E-state index contributed by atoms with van der Waals surface area (Å²) in [5.41, 5.74) is 4.97. The summed E-state index contributed by atoms with van der Waals surface area (Å²) >= 11 is 0. The average molecular weight is 256 g/mol. The van der Waals surface area contributed by atoms with Crippen LogP contribution < -0.4 is 5.32 Å². The lowest BCUT2D eigenvalue weighted by molar-refractivity contribution is 0.561. The number of nitrogens with one attached hydrogen (secondary N) is 1. The van der Waals surface area contributed by atoms with Crippen molar-refractivity contribution >= 4 is 11.1 Å². The molecular weight excluding hydrogens is 240 g/mol. The zero-order chi connectivity index (χ0) is 13.4. The van der Waals surface area contributed by atoms with Crippen molar-refractivity contribution in [2.45, 2.75) is 13.5 Å². The van der Waals surface area contributed by atoms with E-state index in [9.17, 15) is 0 Å². The van der Waals surface area contributed by atoms with Crippen molar-refractivity contribution in [1.29, 1.82) is 0 Å². The topological polar surface area (TPSA) is 55.9 Å². The molecule has 0 radical (unpaired) electrons. The third-order valence-electron chi connectivity index (χ3n) is 3.06. The number of fused-ring (bicyclic) bond motifs is 1. The average Bonchev–Trinajstić information content (AvgIpc) is 2.90. The van der Waals surface area contributed by atoms with Crippen molar-refractivity contribution in [3.8, 4) is 11.1 Å². The van der Waals surface area contributed by atoms with Crippen molar-refractivity contribution in [2.24, 2.45) is 7.05 Å². The highest BCUT2D eigenvalue weighted by Gasteiger charge is 2.11. The highest BCUT2D eigenvalue weighted by molar-refractivity contribution is 5.80. The molecule has 0 amide bonds. The highest BCUT2D eigenvalue weighted by Crippen LogP contribution is 2.26. The number of oxazole rings is 1. The van der Waals surface area contributed by atoms with E-state index in [1.807, 2.05) is 50.1 Å². The maximum Gasteiger partial charge on any atom is 0.192 e. The van der Waals surface area contributed by atoms with E-state index in [2.05, 4.69) is 15.4 Å². The molecule has 3 aromatic rings. The summed E-state index contributed by atoms with van der Waals surface area (Å²) in [5.74, 6) is 0.689. The normalized spacial score (nSPS) is 11.3. The van der Waals surface area contributed by atoms with Gasteiger partial charge in [-0.05, 0) is 24.7 Å². The second kappa shape index (κ2) is 4.51. The predicted octanol–water partition coefficient (Wildman–Crippen LogP) is 2.26. The second-order valence-electron chi connectivity index (χ2n) is 4.61. The van der Waals surface area contributed by atoms with Crippen molar-refractivity contribution in [3.05, 3.63) is 36.0 Å². The Labute approximate surface area is 111 Å². The molecule has 0 unspecified atom stereocenters. The van der Waals surface area contributed by atoms with Crippen molar-refractivity contribution in [3.63, 3.8) is 0 Å². The van der Waals surface area contributed by atoms with E-state index in [0.29, 0.717) is 5.89 Å². The van der Waals surface area contributed by atoms with Crippen LogP contribution in [0.25, 0.3) is 22.2 Å². The largest absolute Gasteiger partial charge is 0.441 e. The Kier molecular flexibility index (Phi) is 2.83. The zero-order valence-electron chi connectivity index (χ0n) is 11.3. The van der Waals surface area contributed by atoms with Crippen LogP contribution in [0.15, 0.2) is 28.8 Å². The van der Waals surface area contributed by atoms with Crippen LogP contribution in [0.5, 0.6) is 0 Å². The van der Waals surface area contributed by atoms with Gasteiger partial charge in [-0.25, -0.2) is 4.98 Å². The van der Waals surface area contributed by atoms with Gasteiger partial charge in [-0.1, -0.05) is 6.07 Å². The molecule has 0 atom stereocenters. The molecular formula is C14H16N4O. The third-order valence-corrected chi connectivity index (χ3v) is 3.06. The molecule has 0 saturated heterocycles. The zero-order valence-corrected chi connectivity index (χ0v) is 11.3. The van der Waals surface area contributed by atoms with Gasteiger partial charge >= 0.3 is 0 Å². The minimum Gasteiger partial charge on any atom is -0.441 e. The molecule has 5 heteroatoms. The van der Waals surface area contributed by atoms with E-state index < -0.39 is 0 Å². The van der Waals surface area contributed by atoms with Gasteiger partial charge in [0.25, 0.3) is 0 Å². The van der Waals surface area contributed by atoms with Crippen LogP contribution >= 0.6 is 0 Å². The first-order valence-electron chi connectivity index (χ1n) is 6.22. The van der Waals surface area contributed by atoms with E-state index in [1.54, 1.807) is 0 Å². The standard InChI is InChI=1S/C14H16N4O/c1-9-16-12-6-10(4-5-14(12)19-9)11-8-18(3)17-13(11)7-15-2/h4-6,8,15H,7H2,1-3H3. The predicted molar refractivity (Wildman–Crippen MR) is 73.7 cm³/mol. The van der Waals surface area contributed by atoms with Crippen molar-refractivity contribution in [2.75, 3.05) is 7.05 Å². The molecule has 19 heavy (non-hydrogen) atoms. The summed E-state index contributed by atoms with van der Waals surface area (Å²) in [5, 5.41) is 7.61. The fourth-order valence-electron chi connectivity index (χ4n) is 2.28. The molecule has 0 aliphatic heterocycles. The van der Waals surface area contributed by atoms with Gasteiger partial charge in [0.1, 0.15) is 5.52 Å².